The lowest BCUT2D eigenvalue weighted by molar-refractivity contribution is 0.388. The van der Waals surface area contributed by atoms with Gasteiger partial charge in [-0.15, -0.1) is 0 Å². The van der Waals surface area contributed by atoms with Crippen LogP contribution in [0.5, 0.6) is 0 Å². The molecule has 0 radical (unpaired) electrons. The molecule has 0 fully saturated rings. The SMILES string of the molecule is CCc1nc2n(n1)CC(NC(=NC)NCC(C)(C)NS(C)(=O)=O)CC2. The highest BCUT2D eigenvalue weighted by molar-refractivity contribution is 7.88. The third kappa shape index (κ3) is 5.96. The van der Waals surface area contributed by atoms with Crippen molar-refractivity contribution in [1.82, 2.24) is 30.1 Å². The normalized spacial score (nSPS) is 18.8. The Balaban J connectivity index is 1.90. The number of nitrogens with one attached hydrogen (secondary N) is 3. The predicted octanol–water partition coefficient (Wildman–Crippen LogP) is -0.352. The van der Waals surface area contributed by atoms with Gasteiger partial charge >= 0.3 is 0 Å². The summed E-state index contributed by atoms with van der Waals surface area (Å²) in [4.78, 5) is 8.75. The Bertz CT molecular complexity index is 724. The zero-order valence-electron chi connectivity index (χ0n) is 15.6. The van der Waals surface area contributed by atoms with Gasteiger partial charge in [0.25, 0.3) is 0 Å². The highest BCUT2D eigenvalue weighted by Gasteiger charge is 2.24. The second-order valence-electron chi connectivity index (χ2n) is 7.04. The van der Waals surface area contributed by atoms with Crippen molar-refractivity contribution in [3.63, 3.8) is 0 Å². The molecular formula is C15H29N7O2S. The van der Waals surface area contributed by atoms with Crippen LogP contribution in [0.2, 0.25) is 0 Å². The highest BCUT2D eigenvalue weighted by atomic mass is 32.2. The Kier molecular flexibility index (Phi) is 6.04. The van der Waals surface area contributed by atoms with Crippen LogP contribution in [0.1, 0.15) is 38.8 Å². The molecule has 1 unspecified atom stereocenters. The maximum atomic E-state index is 11.4. The van der Waals surface area contributed by atoms with Crippen molar-refractivity contribution in [3.05, 3.63) is 11.6 Å². The Morgan fingerprint density at radius 2 is 2.16 bits per heavy atom. The van der Waals surface area contributed by atoms with Crippen LogP contribution in [0.15, 0.2) is 4.99 Å². The predicted molar refractivity (Wildman–Crippen MR) is 98.1 cm³/mol. The summed E-state index contributed by atoms with van der Waals surface area (Å²) in [7, 11) is -1.57. The Hall–Kier alpha value is -1.68. The van der Waals surface area contributed by atoms with Gasteiger partial charge in [-0.25, -0.2) is 22.8 Å². The van der Waals surface area contributed by atoms with Crippen LogP contribution >= 0.6 is 0 Å². The lowest BCUT2D eigenvalue weighted by atomic mass is 10.1. The van der Waals surface area contributed by atoms with E-state index < -0.39 is 15.6 Å². The van der Waals surface area contributed by atoms with E-state index in [1.165, 1.54) is 0 Å². The summed E-state index contributed by atoms with van der Waals surface area (Å²) in [5.41, 5.74) is -0.618. The van der Waals surface area contributed by atoms with E-state index >= 15 is 0 Å². The molecule has 0 bridgehead atoms. The fraction of sp³-hybridized carbons (Fsp3) is 0.800. The van der Waals surface area contributed by atoms with Crippen molar-refractivity contribution >= 4 is 16.0 Å². The van der Waals surface area contributed by atoms with Gasteiger partial charge in [-0.2, -0.15) is 5.10 Å². The number of hydrogen-bond donors (Lipinski definition) is 3. The van der Waals surface area contributed by atoms with Crippen molar-refractivity contribution in [2.24, 2.45) is 4.99 Å². The van der Waals surface area contributed by atoms with Crippen LogP contribution in [0.4, 0.5) is 0 Å². The lowest BCUT2D eigenvalue weighted by Gasteiger charge is -2.29. The standard InChI is InChI=1S/C15H29N7O2S/c1-6-12-19-13-8-7-11(9-22(13)20-12)18-14(16-4)17-10-15(2,3)21-25(5,23)24/h11,21H,6-10H2,1-5H3,(H2,16,17,18). The summed E-state index contributed by atoms with van der Waals surface area (Å²) in [5, 5.41) is 11.1. The summed E-state index contributed by atoms with van der Waals surface area (Å²) in [5.74, 6) is 2.57. The zero-order chi connectivity index (χ0) is 18.7. The number of rotatable bonds is 6. The van der Waals surface area contributed by atoms with E-state index in [9.17, 15) is 8.42 Å². The molecule has 0 aliphatic carbocycles. The topological polar surface area (TPSA) is 113 Å². The first kappa shape index (κ1) is 19.6. The van der Waals surface area contributed by atoms with Gasteiger partial charge in [0.05, 0.1) is 12.8 Å². The van der Waals surface area contributed by atoms with E-state index in [2.05, 4.69) is 37.4 Å². The molecule has 0 aromatic carbocycles. The summed E-state index contributed by atoms with van der Waals surface area (Å²) in [6.07, 6.45) is 3.82. The number of hydrogen-bond acceptors (Lipinski definition) is 5. The minimum Gasteiger partial charge on any atom is -0.355 e. The molecule has 0 amide bonds. The second-order valence-corrected chi connectivity index (χ2v) is 8.79. The summed E-state index contributed by atoms with van der Waals surface area (Å²) in [6, 6.07) is 0.205. The number of aliphatic imine (C=N–C) groups is 1. The highest BCUT2D eigenvalue weighted by Crippen LogP contribution is 2.13. The lowest BCUT2D eigenvalue weighted by Crippen LogP contribution is -2.54. The third-order valence-corrected chi connectivity index (χ3v) is 4.87. The average Bonchev–Trinajstić information content (AvgIpc) is 2.91. The Morgan fingerprint density at radius 1 is 1.44 bits per heavy atom. The Labute approximate surface area is 149 Å². The number of fused-ring (bicyclic) bond motifs is 1. The van der Waals surface area contributed by atoms with Gasteiger partial charge in [0.1, 0.15) is 5.82 Å². The molecule has 142 valence electrons. The second kappa shape index (κ2) is 7.69. The molecule has 1 aliphatic heterocycles. The molecule has 0 saturated heterocycles. The van der Waals surface area contributed by atoms with E-state index in [-0.39, 0.29) is 6.04 Å². The van der Waals surface area contributed by atoms with Crippen LogP contribution in [0, 0.1) is 0 Å². The van der Waals surface area contributed by atoms with Gasteiger partial charge in [0.2, 0.25) is 10.0 Å². The molecule has 10 heteroatoms. The van der Waals surface area contributed by atoms with Gasteiger partial charge in [0.15, 0.2) is 11.8 Å². The van der Waals surface area contributed by atoms with Crippen LogP contribution < -0.4 is 15.4 Å². The monoisotopic (exact) mass is 371 g/mol. The van der Waals surface area contributed by atoms with Gasteiger partial charge in [0, 0.05) is 38.0 Å². The third-order valence-electron chi connectivity index (χ3n) is 3.94. The molecule has 3 N–H and O–H groups in total. The number of guanidine groups is 1. The first-order valence-electron chi connectivity index (χ1n) is 8.50. The fourth-order valence-corrected chi connectivity index (χ4v) is 3.93. The molecule has 2 heterocycles. The van der Waals surface area contributed by atoms with E-state index in [1.807, 2.05) is 18.5 Å². The maximum absolute atomic E-state index is 11.4. The van der Waals surface area contributed by atoms with Gasteiger partial charge < -0.3 is 10.6 Å². The summed E-state index contributed by atoms with van der Waals surface area (Å²) in [6.45, 7) is 6.86. The van der Waals surface area contributed by atoms with E-state index in [4.69, 9.17) is 0 Å². The molecule has 0 saturated carbocycles. The minimum absolute atomic E-state index is 0.205. The Morgan fingerprint density at radius 3 is 2.76 bits per heavy atom. The first-order valence-corrected chi connectivity index (χ1v) is 10.4. The van der Waals surface area contributed by atoms with Crippen LogP contribution in [-0.4, -0.2) is 60.6 Å². The molecule has 1 aromatic heterocycles. The van der Waals surface area contributed by atoms with E-state index in [0.29, 0.717) is 12.5 Å². The number of nitrogens with zero attached hydrogens (tertiary/aromatic N) is 4. The molecule has 9 nitrogen and oxygen atoms in total. The van der Waals surface area contributed by atoms with E-state index in [1.54, 1.807) is 7.05 Å². The quantitative estimate of drug-likeness (QED) is 0.465. The number of aryl methyl sites for hydroxylation is 2. The van der Waals surface area contributed by atoms with Crippen molar-refractivity contribution in [2.75, 3.05) is 19.8 Å². The van der Waals surface area contributed by atoms with Gasteiger partial charge in [-0.05, 0) is 20.3 Å². The van der Waals surface area contributed by atoms with Crippen molar-refractivity contribution < 1.29 is 8.42 Å². The zero-order valence-corrected chi connectivity index (χ0v) is 16.4. The summed E-state index contributed by atoms with van der Waals surface area (Å²) < 4.78 is 27.4. The largest absolute Gasteiger partial charge is 0.355 e. The molecule has 0 spiro atoms. The minimum atomic E-state index is -3.27. The smallest absolute Gasteiger partial charge is 0.209 e. The summed E-state index contributed by atoms with van der Waals surface area (Å²) >= 11 is 0. The molecular weight excluding hydrogens is 342 g/mol. The first-order chi connectivity index (χ1) is 11.6. The number of aromatic nitrogens is 3. The van der Waals surface area contributed by atoms with Gasteiger partial charge in [-0.1, -0.05) is 6.92 Å². The van der Waals surface area contributed by atoms with Gasteiger partial charge in [-0.3, -0.25) is 4.99 Å². The molecule has 2 rings (SSSR count). The van der Waals surface area contributed by atoms with Crippen molar-refractivity contribution in [2.45, 2.75) is 58.2 Å². The molecule has 1 atom stereocenters. The number of sulfonamides is 1. The van der Waals surface area contributed by atoms with Crippen molar-refractivity contribution in [1.29, 1.82) is 0 Å². The van der Waals surface area contributed by atoms with Crippen LogP contribution in [-0.2, 0) is 29.4 Å². The molecule has 1 aromatic rings. The molecule has 1 aliphatic rings. The van der Waals surface area contributed by atoms with Crippen LogP contribution in [0.3, 0.4) is 0 Å². The molecule has 25 heavy (non-hydrogen) atoms. The van der Waals surface area contributed by atoms with Crippen molar-refractivity contribution in [3.8, 4) is 0 Å². The fourth-order valence-electron chi connectivity index (χ4n) is 2.86. The average molecular weight is 372 g/mol. The van der Waals surface area contributed by atoms with E-state index in [0.717, 1.165) is 43.7 Å². The maximum Gasteiger partial charge on any atom is 0.209 e. The van der Waals surface area contributed by atoms with Crippen LogP contribution in [0.25, 0.3) is 0 Å².